The van der Waals surface area contributed by atoms with Crippen LogP contribution >= 0.6 is 11.6 Å². The summed E-state index contributed by atoms with van der Waals surface area (Å²) >= 11 is 5.97. The molecule has 1 aromatic heterocycles. The Labute approximate surface area is 150 Å². The van der Waals surface area contributed by atoms with Crippen molar-refractivity contribution in [3.8, 4) is 0 Å². The first-order chi connectivity index (χ1) is 12.1. The number of anilines is 2. The van der Waals surface area contributed by atoms with E-state index in [1.165, 1.54) is 6.07 Å². The Balaban J connectivity index is 1.78. The first-order valence-electron chi connectivity index (χ1n) is 7.56. The van der Waals surface area contributed by atoms with Gasteiger partial charge in [-0.1, -0.05) is 16.8 Å². The highest BCUT2D eigenvalue weighted by Crippen LogP contribution is 2.37. The Morgan fingerprint density at radius 2 is 2.12 bits per heavy atom. The van der Waals surface area contributed by atoms with Crippen LogP contribution in [0.1, 0.15) is 17.7 Å². The molecule has 3 rings (SSSR count). The zero-order valence-corrected chi connectivity index (χ0v) is 14.2. The fourth-order valence-electron chi connectivity index (χ4n) is 2.67. The lowest BCUT2D eigenvalue weighted by Crippen LogP contribution is -2.28. The molecule has 6 nitrogen and oxygen atoms in total. The number of carbonyl (C=O) groups is 2. The van der Waals surface area contributed by atoms with Crippen LogP contribution in [0.2, 0.25) is 5.02 Å². The summed E-state index contributed by atoms with van der Waals surface area (Å²) in [7, 11) is 0. The molecule has 2 amide bonds. The third-order valence-electron chi connectivity index (χ3n) is 3.94. The quantitative estimate of drug-likeness (QED) is 0.872. The molecule has 0 radical (unpaired) electrons. The van der Waals surface area contributed by atoms with E-state index in [2.05, 4.69) is 10.5 Å². The molecular weight excluding hydrogens is 375 g/mol. The van der Waals surface area contributed by atoms with Gasteiger partial charge in [0.15, 0.2) is 5.82 Å². The standard InChI is InChI=1S/C16H13ClF3N3O3/c1-8-4-13(22-26-8)21-15(25)9-5-14(24)23(7-9)12-6-10(16(18,19)20)2-3-11(12)17/h2-4,6,9H,5,7H2,1H3,(H,21,22,25). The van der Waals surface area contributed by atoms with E-state index in [0.717, 1.165) is 23.1 Å². The van der Waals surface area contributed by atoms with E-state index in [9.17, 15) is 22.8 Å². The number of hydrogen-bond donors (Lipinski definition) is 1. The van der Waals surface area contributed by atoms with E-state index in [4.69, 9.17) is 16.1 Å². The van der Waals surface area contributed by atoms with Crippen molar-refractivity contribution in [2.24, 2.45) is 5.92 Å². The first kappa shape index (κ1) is 18.2. The molecule has 0 spiro atoms. The number of alkyl halides is 3. The lowest BCUT2D eigenvalue weighted by Gasteiger charge is -2.19. The summed E-state index contributed by atoms with van der Waals surface area (Å²) in [6.45, 7) is 1.57. The highest BCUT2D eigenvalue weighted by molar-refractivity contribution is 6.34. The number of nitrogens with one attached hydrogen (secondary N) is 1. The van der Waals surface area contributed by atoms with Crippen molar-refractivity contribution < 1.29 is 27.3 Å². The Morgan fingerprint density at radius 3 is 2.73 bits per heavy atom. The van der Waals surface area contributed by atoms with Crippen LogP contribution in [0.25, 0.3) is 0 Å². The largest absolute Gasteiger partial charge is 0.416 e. The maximum Gasteiger partial charge on any atom is 0.416 e. The number of hydrogen-bond acceptors (Lipinski definition) is 4. The maximum absolute atomic E-state index is 12.9. The fraction of sp³-hybridized carbons (Fsp3) is 0.312. The number of benzene rings is 1. The average molecular weight is 388 g/mol. The molecular formula is C16H13ClF3N3O3. The molecule has 1 atom stereocenters. The van der Waals surface area contributed by atoms with Crippen LogP contribution in [0.4, 0.5) is 24.7 Å². The summed E-state index contributed by atoms with van der Waals surface area (Å²) in [6, 6.07) is 4.24. The SMILES string of the molecule is Cc1cc(NC(=O)C2CC(=O)N(c3cc(C(F)(F)F)ccc3Cl)C2)no1. The van der Waals surface area contributed by atoms with E-state index >= 15 is 0 Å². The van der Waals surface area contributed by atoms with Gasteiger partial charge in [0, 0.05) is 19.0 Å². The zero-order chi connectivity index (χ0) is 19.1. The second-order valence-corrected chi connectivity index (χ2v) is 6.29. The van der Waals surface area contributed by atoms with Crippen LogP contribution in [-0.4, -0.2) is 23.5 Å². The average Bonchev–Trinajstić information content (AvgIpc) is 3.12. The molecule has 2 aromatic rings. The van der Waals surface area contributed by atoms with Gasteiger partial charge >= 0.3 is 6.18 Å². The smallest absolute Gasteiger partial charge is 0.360 e. The number of halogens is 4. The van der Waals surface area contributed by atoms with Gasteiger partial charge in [0.05, 0.1) is 22.2 Å². The summed E-state index contributed by atoms with van der Waals surface area (Å²) in [5.41, 5.74) is -0.991. The zero-order valence-electron chi connectivity index (χ0n) is 13.4. The van der Waals surface area contributed by atoms with Crippen molar-refractivity contribution in [2.45, 2.75) is 19.5 Å². The van der Waals surface area contributed by atoms with Crippen LogP contribution in [0, 0.1) is 12.8 Å². The van der Waals surface area contributed by atoms with Crippen molar-refractivity contribution in [2.75, 3.05) is 16.8 Å². The van der Waals surface area contributed by atoms with Gasteiger partial charge < -0.3 is 14.7 Å². The number of amides is 2. The third kappa shape index (κ3) is 3.67. The lowest BCUT2D eigenvalue weighted by molar-refractivity contribution is -0.137. The number of aryl methyl sites for hydroxylation is 1. The van der Waals surface area contributed by atoms with Gasteiger partial charge in [-0.25, -0.2) is 0 Å². The van der Waals surface area contributed by atoms with Gasteiger partial charge in [0.25, 0.3) is 0 Å². The molecule has 1 N–H and O–H groups in total. The van der Waals surface area contributed by atoms with E-state index in [1.807, 2.05) is 0 Å². The van der Waals surface area contributed by atoms with Gasteiger partial charge in [-0.15, -0.1) is 0 Å². The molecule has 1 unspecified atom stereocenters. The number of nitrogens with zero attached hydrogens (tertiary/aromatic N) is 2. The minimum absolute atomic E-state index is 0.000431. The summed E-state index contributed by atoms with van der Waals surface area (Å²) < 4.78 is 43.6. The predicted octanol–water partition coefficient (Wildman–Crippen LogP) is 3.65. The van der Waals surface area contributed by atoms with Crippen molar-refractivity contribution in [3.63, 3.8) is 0 Å². The minimum Gasteiger partial charge on any atom is -0.360 e. The molecule has 0 saturated carbocycles. The fourth-order valence-corrected chi connectivity index (χ4v) is 2.89. The Morgan fingerprint density at radius 1 is 1.38 bits per heavy atom. The topological polar surface area (TPSA) is 75.4 Å². The van der Waals surface area contributed by atoms with Crippen LogP contribution < -0.4 is 10.2 Å². The van der Waals surface area contributed by atoms with Gasteiger partial charge in [-0.2, -0.15) is 13.2 Å². The molecule has 1 aliphatic heterocycles. The minimum atomic E-state index is -4.57. The summed E-state index contributed by atoms with van der Waals surface area (Å²) in [4.78, 5) is 25.6. The maximum atomic E-state index is 12.9. The highest BCUT2D eigenvalue weighted by Gasteiger charge is 2.38. The van der Waals surface area contributed by atoms with Crippen molar-refractivity contribution in [3.05, 3.63) is 40.6 Å². The van der Waals surface area contributed by atoms with Crippen molar-refractivity contribution >= 4 is 34.9 Å². The summed E-state index contributed by atoms with van der Waals surface area (Å²) in [5, 5.41) is 6.14. The molecule has 138 valence electrons. The van der Waals surface area contributed by atoms with Gasteiger partial charge in [-0.05, 0) is 25.1 Å². The molecule has 26 heavy (non-hydrogen) atoms. The van der Waals surface area contributed by atoms with E-state index in [0.29, 0.717) is 5.76 Å². The molecule has 1 aromatic carbocycles. The molecule has 2 heterocycles. The van der Waals surface area contributed by atoms with Crippen LogP contribution in [0.5, 0.6) is 0 Å². The summed E-state index contributed by atoms with van der Waals surface area (Å²) in [6.07, 6.45) is -4.71. The van der Waals surface area contributed by atoms with Crippen LogP contribution in [0.3, 0.4) is 0 Å². The van der Waals surface area contributed by atoms with E-state index in [-0.39, 0.29) is 29.5 Å². The first-order valence-corrected chi connectivity index (χ1v) is 7.94. The van der Waals surface area contributed by atoms with Gasteiger partial charge in [0.2, 0.25) is 11.8 Å². The molecule has 1 saturated heterocycles. The molecule has 0 bridgehead atoms. The lowest BCUT2D eigenvalue weighted by atomic mass is 10.1. The van der Waals surface area contributed by atoms with Crippen LogP contribution in [-0.2, 0) is 15.8 Å². The van der Waals surface area contributed by atoms with Gasteiger partial charge in [0.1, 0.15) is 5.76 Å². The molecule has 0 aliphatic carbocycles. The molecule has 1 aliphatic rings. The van der Waals surface area contributed by atoms with E-state index in [1.54, 1.807) is 6.92 Å². The van der Waals surface area contributed by atoms with E-state index < -0.39 is 29.5 Å². The highest BCUT2D eigenvalue weighted by atomic mass is 35.5. The second kappa shape index (κ2) is 6.64. The van der Waals surface area contributed by atoms with Gasteiger partial charge in [-0.3, -0.25) is 9.59 Å². The third-order valence-corrected chi connectivity index (χ3v) is 4.26. The Kier molecular flexibility index (Phi) is 4.66. The van der Waals surface area contributed by atoms with Crippen LogP contribution in [0.15, 0.2) is 28.8 Å². The number of carbonyl (C=O) groups excluding carboxylic acids is 2. The van der Waals surface area contributed by atoms with Crippen molar-refractivity contribution in [1.82, 2.24) is 5.16 Å². The Bertz CT molecular complexity index is 866. The second-order valence-electron chi connectivity index (χ2n) is 5.88. The van der Waals surface area contributed by atoms with Crippen molar-refractivity contribution in [1.29, 1.82) is 0 Å². The number of aromatic nitrogens is 1. The molecule has 1 fully saturated rings. The predicted molar refractivity (Wildman–Crippen MR) is 86.8 cm³/mol. The monoisotopic (exact) mass is 387 g/mol. The Hall–Kier alpha value is -2.55. The summed E-state index contributed by atoms with van der Waals surface area (Å²) in [5.74, 6) is -0.999. The normalized spacial score (nSPS) is 17.7. The molecule has 10 heteroatoms. The number of rotatable bonds is 3.